The lowest BCUT2D eigenvalue weighted by molar-refractivity contribution is 0.212. The van der Waals surface area contributed by atoms with Crippen LogP contribution in [-0.4, -0.2) is 12.6 Å². The molecule has 4 rings (SSSR count). The normalized spacial score (nSPS) is 35.8. The van der Waals surface area contributed by atoms with Gasteiger partial charge in [0.15, 0.2) is 0 Å². The van der Waals surface area contributed by atoms with Crippen LogP contribution in [0.3, 0.4) is 0 Å². The van der Waals surface area contributed by atoms with Gasteiger partial charge in [0.05, 0.1) is 0 Å². The lowest BCUT2D eigenvalue weighted by atomic mass is 9.64. The van der Waals surface area contributed by atoms with Gasteiger partial charge in [0.2, 0.25) is 0 Å². The summed E-state index contributed by atoms with van der Waals surface area (Å²) < 4.78 is 0. The van der Waals surface area contributed by atoms with E-state index in [9.17, 15) is 0 Å². The molecule has 1 heteroatoms. The number of hydrogen-bond donors (Lipinski definition) is 0. The minimum absolute atomic E-state index is 0.549. The molecule has 2 bridgehead atoms. The van der Waals surface area contributed by atoms with Crippen molar-refractivity contribution in [3.8, 4) is 0 Å². The third kappa shape index (κ3) is 0.928. The van der Waals surface area contributed by atoms with Crippen LogP contribution in [-0.2, 0) is 5.41 Å². The molecule has 16 heavy (non-hydrogen) atoms. The summed E-state index contributed by atoms with van der Waals surface area (Å²) in [6.07, 6.45) is 8.58. The molecule has 84 valence electrons. The Hall–Kier alpha value is -0.980. The molecule has 0 spiro atoms. The SMILES string of the molecule is c1ccc2c(c1)N1CCCC23CCCCC13. The minimum Gasteiger partial charge on any atom is -0.367 e. The number of nitrogens with zero attached hydrogens (tertiary/aromatic N) is 1. The molecule has 1 aliphatic carbocycles. The quantitative estimate of drug-likeness (QED) is 0.637. The van der Waals surface area contributed by atoms with Crippen LogP contribution >= 0.6 is 0 Å². The summed E-state index contributed by atoms with van der Waals surface area (Å²) in [5.41, 5.74) is 3.79. The maximum atomic E-state index is 2.72. The van der Waals surface area contributed by atoms with Crippen LogP contribution in [0.25, 0.3) is 0 Å². The van der Waals surface area contributed by atoms with Gasteiger partial charge in [0, 0.05) is 23.7 Å². The number of fused-ring (bicyclic) bond motifs is 2. The molecular weight excluding hydrogens is 194 g/mol. The number of anilines is 1. The molecule has 2 atom stereocenters. The largest absolute Gasteiger partial charge is 0.367 e. The topological polar surface area (TPSA) is 3.24 Å². The summed E-state index contributed by atoms with van der Waals surface area (Å²) in [6, 6.07) is 10.0. The van der Waals surface area contributed by atoms with E-state index in [0.717, 1.165) is 6.04 Å². The lowest BCUT2D eigenvalue weighted by Gasteiger charge is -2.46. The van der Waals surface area contributed by atoms with Crippen molar-refractivity contribution in [3.05, 3.63) is 29.8 Å². The molecular formula is C15H19N. The average Bonchev–Trinajstić information content (AvgIpc) is 2.54. The maximum absolute atomic E-state index is 2.72. The number of para-hydroxylation sites is 1. The van der Waals surface area contributed by atoms with E-state index < -0.39 is 0 Å². The van der Waals surface area contributed by atoms with Gasteiger partial charge >= 0.3 is 0 Å². The van der Waals surface area contributed by atoms with Crippen molar-refractivity contribution in [1.82, 2.24) is 0 Å². The molecule has 0 amide bonds. The van der Waals surface area contributed by atoms with Crippen molar-refractivity contribution in [1.29, 1.82) is 0 Å². The first-order valence-corrected chi connectivity index (χ1v) is 6.78. The van der Waals surface area contributed by atoms with Gasteiger partial charge < -0.3 is 4.90 Å². The molecule has 2 aliphatic heterocycles. The van der Waals surface area contributed by atoms with Gasteiger partial charge in [-0.05, 0) is 37.3 Å². The fourth-order valence-electron chi connectivity index (χ4n) is 4.57. The van der Waals surface area contributed by atoms with Crippen LogP contribution in [0, 0.1) is 0 Å². The van der Waals surface area contributed by atoms with Gasteiger partial charge in [-0.15, -0.1) is 0 Å². The zero-order chi connectivity index (χ0) is 10.6. The molecule has 2 heterocycles. The second-order valence-corrected chi connectivity index (χ2v) is 5.73. The van der Waals surface area contributed by atoms with Crippen molar-refractivity contribution in [3.63, 3.8) is 0 Å². The second-order valence-electron chi connectivity index (χ2n) is 5.73. The highest BCUT2D eigenvalue weighted by Crippen LogP contribution is 2.56. The Kier molecular flexibility index (Phi) is 1.72. The summed E-state index contributed by atoms with van der Waals surface area (Å²) in [5, 5.41) is 0. The molecule has 0 N–H and O–H groups in total. The highest BCUT2D eigenvalue weighted by atomic mass is 15.2. The maximum Gasteiger partial charge on any atom is 0.0408 e. The van der Waals surface area contributed by atoms with E-state index in [1.165, 1.54) is 45.1 Å². The zero-order valence-corrected chi connectivity index (χ0v) is 9.78. The van der Waals surface area contributed by atoms with Crippen LogP contribution in [0.15, 0.2) is 24.3 Å². The predicted octanol–water partition coefficient (Wildman–Crippen LogP) is 3.48. The molecule has 1 saturated carbocycles. The molecule has 3 aliphatic rings. The van der Waals surface area contributed by atoms with Gasteiger partial charge in [0.25, 0.3) is 0 Å². The summed E-state index contributed by atoms with van der Waals surface area (Å²) in [6.45, 7) is 1.30. The van der Waals surface area contributed by atoms with Gasteiger partial charge in [-0.2, -0.15) is 0 Å². The Bertz CT molecular complexity index is 421. The molecule has 2 unspecified atom stereocenters. The van der Waals surface area contributed by atoms with Crippen LogP contribution in [0.2, 0.25) is 0 Å². The monoisotopic (exact) mass is 213 g/mol. The highest BCUT2D eigenvalue weighted by Gasteiger charge is 2.53. The molecule has 1 aromatic carbocycles. The second kappa shape index (κ2) is 3.03. The Labute approximate surface area is 97.5 Å². The number of rotatable bonds is 0. The van der Waals surface area contributed by atoms with E-state index >= 15 is 0 Å². The Morgan fingerprint density at radius 2 is 1.94 bits per heavy atom. The standard InChI is InChI=1S/C15H19N/c1-2-7-13-12(6-1)15-9-4-3-8-14(15)16(13)11-5-10-15/h1-2,6-7,14H,3-5,8-11H2. The smallest absolute Gasteiger partial charge is 0.0408 e. The van der Waals surface area contributed by atoms with E-state index in [0.29, 0.717) is 5.41 Å². The van der Waals surface area contributed by atoms with E-state index in [1.807, 2.05) is 0 Å². The van der Waals surface area contributed by atoms with Crippen LogP contribution in [0.5, 0.6) is 0 Å². The molecule has 1 aromatic rings. The van der Waals surface area contributed by atoms with Gasteiger partial charge in [-0.3, -0.25) is 0 Å². The van der Waals surface area contributed by atoms with Crippen molar-refractivity contribution >= 4 is 5.69 Å². The molecule has 0 aromatic heterocycles. The first kappa shape index (κ1) is 9.09. The molecule has 1 nitrogen and oxygen atoms in total. The Balaban J connectivity index is 1.94. The molecule has 0 radical (unpaired) electrons. The minimum atomic E-state index is 0.549. The number of hydrogen-bond acceptors (Lipinski definition) is 1. The van der Waals surface area contributed by atoms with Gasteiger partial charge in [-0.25, -0.2) is 0 Å². The van der Waals surface area contributed by atoms with Crippen molar-refractivity contribution in [2.45, 2.75) is 50.0 Å². The highest BCUT2D eigenvalue weighted by molar-refractivity contribution is 5.65. The summed E-state index contributed by atoms with van der Waals surface area (Å²) >= 11 is 0. The number of piperidine rings is 1. The number of benzene rings is 1. The van der Waals surface area contributed by atoms with Gasteiger partial charge in [-0.1, -0.05) is 31.0 Å². The third-order valence-electron chi connectivity index (χ3n) is 5.14. The van der Waals surface area contributed by atoms with Crippen molar-refractivity contribution in [2.75, 3.05) is 11.4 Å². The van der Waals surface area contributed by atoms with Crippen molar-refractivity contribution < 1.29 is 0 Å². The summed E-state index contributed by atoms with van der Waals surface area (Å²) in [7, 11) is 0. The summed E-state index contributed by atoms with van der Waals surface area (Å²) in [5.74, 6) is 0. The fraction of sp³-hybridized carbons (Fsp3) is 0.600. The Morgan fingerprint density at radius 1 is 1.06 bits per heavy atom. The van der Waals surface area contributed by atoms with E-state index in [2.05, 4.69) is 29.2 Å². The summed E-state index contributed by atoms with van der Waals surface area (Å²) in [4.78, 5) is 2.72. The Morgan fingerprint density at radius 3 is 2.94 bits per heavy atom. The van der Waals surface area contributed by atoms with Crippen LogP contribution < -0.4 is 4.90 Å². The van der Waals surface area contributed by atoms with Gasteiger partial charge in [0.1, 0.15) is 0 Å². The average molecular weight is 213 g/mol. The first-order chi connectivity index (χ1) is 7.92. The van der Waals surface area contributed by atoms with Crippen molar-refractivity contribution in [2.24, 2.45) is 0 Å². The van der Waals surface area contributed by atoms with Crippen LogP contribution in [0.4, 0.5) is 5.69 Å². The van der Waals surface area contributed by atoms with E-state index in [1.54, 1.807) is 11.3 Å². The lowest BCUT2D eigenvalue weighted by Crippen LogP contribution is -2.51. The zero-order valence-electron chi connectivity index (χ0n) is 9.78. The predicted molar refractivity (Wildman–Crippen MR) is 67.0 cm³/mol. The van der Waals surface area contributed by atoms with E-state index in [4.69, 9.17) is 0 Å². The molecule has 1 saturated heterocycles. The molecule has 2 fully saturated rings. The van der Waals surface area contributed by atoms with Crippen LogP contribution in [0.1, 0.15) is 44.1 Å². The van der Waals surface area contributed by atoms with E-state index in [-0.39, 0.29) is 0 Å². The fourth-order valence-corrected chi connectivity index (χ4v) is 4.57. The first-order valence-electron chi connectivity index (χ1n) is 6.78. The third-order valence-corrected chi connectivity index (χ3v) is 5.14.